The van der Waals surface area contributed by atoms with Crippen LogP contribution in [0.15, 0.2) is 47.4 Å². The molecule has 0 radical (unpaired) electrons. The average Bonchev–Trinajstić information content (AvgIpc) is 2.58. The Morgan fingerprint density at radius 2 is 1.59 bits per heavy atom. The molecule has 0 aliphatic carbocycles. The molecule has 1 amide bonds. The Morgan fingerprint density at radius 3 is 2.11 bits per heavy atom. The van der Waals surface area contributed by atoms with Crippen LogP contribution in [0.5, 0.6) is 0 Å². The number of nitrogens with zero attached hydrogens (tertiary/aromatic N) is 1. The van der Waals surface area contributed by atoms with E-state index in [2.05, 4.69) is 10.6 Å². The third-order valence-corrected chi connectivity index (χ3v) is 5.91. The number of sulfonamides is 1. The smallest absolute Gasteiger partial charge is 0.243 e. The van der Waals surface area contributed by atoms with Crippen LogP contribution in [-0.4, -0.2) is 38.3 Å². The lowest BCUT2D eigenvalue weighted by Crippen LogP contribution is -2.33. The Kier molecular flexibility index (Phi) is 6.50. The molecular weight excluding hydrogens is 376 g/mol. The van der Waals surface area contributed by atoms with E-state index in [0.717, 1.165) is 12.1 Å². The van der Waals surface area contributed by atoms with Gasteiger partial charge in [0.15, 0.2) is 0 Å². The summed E-state index contributed by atoms with van der Waals surface area (Å²) in [5.74, 6) is -2.08. The Hall–Kier alpha value is -2.52. The Morgan fingerprint density at radius 1 is 1.04 bits per heavy atom. The monoisotopic (exact) mass is 397 g/mol. The lowest BCUT2D eigenvalue weighted by Gasteiger charge is -2.21. The molecule has 0 atom stereocenters. The van der Waals surface area contributed by atoms with Crippen molar-refractivity contribution in [1.82, 2.24) is 4.31 Å². The minimum Gasteiger partial charge on any atom is -0.376 e. The summed E-state index contributed by atoms with van der Waals surface area (Å²) < 4.78 is 52.3. The second kappa shape index (κ2) is 8.45. The molecule has 0 aromatic heterocycles. The van der Waals surface area contributed by atoms with Gasteiger partial charge in [0.25, 0.3) is 0 Å². The highest BCUT2D eigenvalue weighted by Crippen LogP contribution is 2.19. The summed E-state index contributed by atoms with van der Waals surface area (Å²) in [6.45, 7) is 3.39. The van der Waals surface area contributed by atoms with Crippen LogP contribution in [0.3, 0.4) is 0 Å². The number of hydrogen-bond donors (Lipinski definition) is 2. The molecule has 0 spiro atoms. The zero-order valence-corrected chi connectivity index (χ0v) is 16.0. The fourth-order valence-electron chi connectivity index (χ4n) is 2.20. The molecule has 0 saturated heterocycles. The maximum absolute atomic E-state index is 13.1. The molecule has 6 nitrogen and oxygen atoms in total. The molecule has 0 bridgehead atoms. The Bertz CT molecular complexity index is 896. The van der Waals surface area contributed by atoms with Crippen molar-refractivity contribution in [3.63, 3.8) is 0 Å². The summed E-state index contributed by atoms with van der Waals surface area (Å²) in [6.07, 6.45) is 0. The van der Waals surface area contributed by atoms with Gasteiger partial charge in [0.1, 0.15) is 11.6 Å². The maximum Gasteiger partial charge on any atom is 0.243 e. The minimum absolute atomic E-state index is 0.0115. The first-order chi connectivity index (χ1) is 12.6. The lowest BCUT2D eigenvalue weighted by molar-refractivity contribution is -0.114. The summed E-state index contributed by atoms with van der Waals surface area (Å²) in [5, 5.41) is 5.19. The third-order valence-electron chi connectivity index (χ3n) is 3.86. The summed E-state index contributed by atoms with van der Waals surface area (Å²) >= 11 is 0. The van der Waals surface area contributed by atoms with Gasteiger partial charge in [0.05, 0.1) is 11.4 Å². The van der Waals surface area contributed by atoms with Gasteiger partial charge in [-0.25, -0.2) is 17.2 Å². The molecule has 146 valence electrons. The summed E-state index contributed by atoms with van der Waals surface area (Å²) in [5.41, 5.74) is 0.541. The Balaban J connectivity index is 1.97. The minimum atomic E-state index is -3.58. The maximum atomic E-state index is 13.1. The van der Waals surface area contributed by atoms with Gasteiger partial charge >= 0.3 is 0 Å². The van der Waals surface area contributed by atoms with Gasteiger partial charge in [-0.3, -0.25) is 4.79 Å². The van der Waals surface area contributed by atoms with E-state index in [0.29, 0.717) is 11.8 Å². The average molecular weight is 397 g/mol. The molecule has 0 heterocycles. The number of anilines is 2. The first kappa shape index (κ1) is 20.8. The molecule has 27 heavy (non-hydrogen) atoms. The van der Waals surface area contributed by atoms with E-state index < -0.39 is 27.6 Å². The van der Waals surface area contributed by atoms with Crippen molar-refractivity contribution in [2.24, 2.45) is 0 Å². The van der Waals surface area contributed by atoms with Crippen LogP contribution in [0, 0.1) is 11.6 Å². The lowest BCUT2D eigenvalue weighted by atomic mass is 10.3. The van der Waals surface area contributed by atoms with E-state index in [1.54, 1.807) is 13.8 Å². The molecular formula is C18H21F2N3O3S. The molecule has 0 aliphatic rings. The van der Waals surface area contributed by atoms with Crippen LogP contribution in [0.1, 0.15) is 13.8 Å². The molecule has 2 aromatic carbocycles. The van der Waals surface area contributed by atoms with Crippen LogP contribution in [0.4, 0.5) is 20.2 Å². The molecule has 0 unspecified atom stereocenters. The zero-order chi connectivity index (χ0) is 20.2. The first-order valence-electron chi connectivity index (χ1n) is 8.17. The van der Waals surface area contributed by atoms with Crippen molar-refractivity contribution in [3.8, 4) is 0 Å². The van der Waals surface area contributed by atoms with Crippen LogP contribution in [0.2, 0.25) is 0 Å². The van der Waals surface area contributed by atoms with E-state index in [1.165, 1.54) is 35.6 Å². The third kappa shape index (κ3) is 5.48. The first-order valence-corrected chi connectivity index (χ1v) is 9.61. The van der Waals surface area contributed by atoms with Crippen molar-refractivity contribution in [2.45, 2.75) is 24.8 Å². The van der Waals surface area contributed by atoms with Crippen molar-refractivity contribution in [1.29, 1.82) is 0 Å². The number of hydrogen-bond acceptors (Lipinski definition) is 4. The van der Waals surface area contributed by atoms with Crippen molar-refractivity contribution < 1.29 is 22.0 Å². The number of rotatable bonds is 7. The molecule has 2 rings (SSSR count). The van der Waals surface area contributed by atoms with E-state index >= 15 is 0 Å². The molecule has 2 aromatic rings. The van der Waals surface area contributed by atoms with Crippen LogP contribution in [0.25, 0.3) is 0 Å². The predicted octanol–water partition coefficient (Wildman–Crippen LogP) is 3.04. The van der Waals surface area contributed by atoms with E-state index in [9.17, 15) is 22.0 Å². The summed E-state index contributed by atoms with van der Waals surface area (Å²) in [4.78, 5) is 12.0. The topological polar surface area (TPSA) is 78.5 Å². The number of amides is 1. The predicted molar refractivity (Wildman–Crippen MR) is 100 cm³/mol. The molecule has 0 fully saturated rings. The highest BCUT2D eigenvalue weighted by molar-refractivity contribution is 7.89. The summed E-state index contributed by atoms with van der Waals surface area (Å²) in [6, 6.07) is 8.50. The number of carbonyl (C=O) groups excluding carboxylic acids is 1. The summed E-state index contributed by atoms with van der Waals surface area (Å²) in [7, 11) is -2.07. The standard InChI is InChI=1S/C18H21F2N3O3S/c1-12(2)23(3)27(25,26)17-6-4-15(5-7-17)21-11-18(24)22-16-9-13(19)8-14(20)10-16/h4-10,12,21H,11H2,1-3H3,(H,22,24). The van der Waals surface area contributed by atoms with E-state index in [1.807, 2.05) is 0 Å². The van der Waals surface area contributed by atoms with E-state index in [4.69, 9.17) is 0 Å². The van der Waals surface area contributed by atoms with Crippen LogP contribution < -0.4 is 10.6 Å². The van der Waals surface area contributed by atoms with Crippen molar-refractivity contribution in [2.75, 3.05) is 24.2 Å². The number of carbonyl (C=O) groups is 1. The Labute approximate surface area is 157 Å². The molecule has 9 heteroatoms. The van der Waals surface area contributed by atoms with Crippen LogP contribution in [-0.2, 0) is 14.8 Å². The van der Waals surface area contributed by atoms with Gasteiger partial charge in [0, 0.05) is 30.5 Å². The van der Waals surface area contributed by atoms with Gasteiger partial charge in [-0.1, -0.05) is 0 Å². The highest BCUT2D eigenvalue weighted by atomic mass is 32.2. The fourth-order valence-corrected chi connectivity index (χ4v) is 3.57. The van der Waals surface area contributed by atoms with Gasteiger partial charge in [-0.15, -0.1) is 0 Å². The normalized spacial score (nSPS) is 11.7. The molecule has 0 aliphatic heterocycles. The highest BCUT2D eigenvalue weighted by Gasteiger charge is 2.22. The van der Waals surface area contributed by atoms with Gasteiger partial charge in [0.2, 0.25) is 15.9 Å². The van der Waals surface area contributed by atoms with Gasteiger partial charge in [-0.2, -0.15) is 4.31 Å². The van der Waals surface area contributed by atoms with Gasteiger partial charge in [-0.05, 0) is 50.2 Å². The molecule has 0 saturated carbocycles. The van der Waals surface area contributed by atoms with Crippen LogP contribution >= 0.6 is 0 Å². The largest absolute Gasteiger partial charge is 0.376 e. The van der Waals surface area contributed by atoms with Crippen molar-refractivity contribution in [3.05, 3.63) is 54.1 Å². The fraction of sp³-hybridized carbons (Fsp3) is 0.278. The second-order valence-corrected chi connectivity index (χ2v) is 8.20. The number of benzene rings is 2. The van der Waals surface area contributed by atoms with Gasteiger partial charge < -0.3 is 10.6 Å². The second-order valence-electron chi connectivity index (χ2n) is 6.20. The quantitative estimate of drug-likeness (QED) is 0.753. The number of nitrogens with one attached hydrogen (secondary N) is 2. The van der Waals surface area contributed by atoms with Crippen molar-refractivity contribution >= 4 is 27.3 Å². The zero-order valence-electron chi connectivity index (χ0n) is 15.2. The SMILES string of the molecule is CC(C)N(C)S(=O)(=O)c1ccc(NCC(=O)Nc2cc(F)cc(F)c2)cc1. The van der Waals surface area contributed by atoms with E-state index in [-0.39, 0.29) is 23.2 Å². The molecule has 2 N–H and O–H groups in total. The number of halogens is 2.